The second-order valence-electron chi connectivity index (χ2n) is 28.5. The molecule has 9 rings (SSSR count). The molecule has 3 aromatic carbocycles. The number of fused-ring (bicyclic) bond motifs is 8. The number of unbranched alkanes of at least 4 members (excludes halogenated alkanes) is 4. The molecule has 0 aliphatic heterocycles. The maximum Gasteiger partial charge on any atom is 0.113 e. The summed E-state index contributed by atoms with van der Waals surface area (Å²) in [6.07, 6.45) is 31.1. The molecule has 3 aliphatic carbocycles. The summed E-state index contributed by atoms with van der Waals surface area (Å²) < 4.78 is 13.2. The average Bonchev–Trinajstić information content (AvgIpc) is 1.67. The predicted molar refractivity (Wildman–Crippen MR) is 368 cm³/mol. The van der Waals surface area contributed by atoms with E-state index in [1.807, 2.05) is 11.3 Å². The monoisotopic (exact) mass is 1160 g/mol. The van der Waals surface area contributed by atoms with Gasteiger partial charge < -0.3 is 0 Å². The van der Waals surface area contributed by atoms with Crippen molar-refractivity contribution in [2.45, 2.75) is 281 Å². The molecule has 3 aliphatic rings. The molecule has 82 heavy (non-hydrogen) atoms. The quantitative estimate of drug-likeness (QED) is 0.0434. The van der Waals surface area contributed by atoms with Crippen LogP contribution in [0.2, 0.25) is 0 Å². The van der Waals surface area contributed by atoms with Crippen molar-refractivity contribution in [2.24, 2.45) is 47.3 Å². The lowest BCUT2D eigenvalue weighted by atomic mass is 9.56. The van der Waals surface area contributed by atoms with E-state index in [-0.39, 0.29) is 21.7 Å². The number of hydrogen-bond donors (Lipinski definition) is 0. The molecule has 5 heteroatoms. The normalized spacial score (nSPS) is 22.6. The zero-order chi connectivity index (χ0) is 58.9. The van der Waals surface area contributed by atoms with E-state index in [4.69, 9.17) is 8.75 Å². The van der Waals surface area contributed by atoms with Gasteiger partial charge in [-0.25, -0.2) is 0 Å². The highest BCUT2D eigenvalue weighted by Gasteiger charge is 2.58. The third kappa shape index (κ3) is 11.3. The summed E-state index contributed by atoms with van der Waals surface area (Å²) in [5.74, 6) is 4.67. The number of allylic oxidation sites excluding steroid dienone is 4. The molecule has 8 unspecified atom stereocenters. The molecule has 0 saturated carbocycles. The Morgan fingerprint density at radius 1 is 0.537 bits per heavy atom. The van der Waals surface area contributed by atoms with Crippen LogP contribution >= 0.6 is 34.4 Å². The number of thiophene rings is 2. The number of aromatic nitrogens is 2. The Balaban J connectivity index is 1.35. The van der Waals surface area contributed by atoms with Crippen molar-refractivity contribution in [2.75, 3.05) is 0 Å². The summed E-state index contributed by atoms with van der Waals surface area (Å²) in [7, 11) is 0. The molecule has 448 valence electrons. The molecule has 2 nitrogen and oxygen atoms in total. The minimum Gasteiger partial charge on any atom is -0.173 e. The lowest BCUT2D eigenvalue weighted by Crippen LogP contribution is -2.41. The van der Waals surface area contributed by atoms with Crippen molar-refractivity contribution in [3.63, 3.8) is 0 Å². The third-order valence-corrected chi connectivity index (χ3v) is 26.6. The largest absolute Gasteiger partial charge is 0.173 e. The average molecular weight is 1160 g/mol. The fourth-order valence-corrected chi connectivity index (χ4v) is 20.3. The Morgan fingerprint density at radius 2 is 1.04 bits per heavy atom. The number of nitrogens with zero attached hydrogens (tertiary/aromatic N) is 2. The van der Waals surface area contributed by atoms with Gasteiger partial charge >= 0.3 is 0 Å². The van der Waals surface area contributed by atoms with Crippen molar-refractivity contribution < 1.29 is 0 Å². The first-order valence-corrected chi connectivity index (χ1v) is 36.7. The lowest BCUT2D eigenvalue weighted by Gasteiger charge is -2.47. The molecule has 6 aromatic rings. The molecule has 8 atom stereocenters. The highest BCUT2D eigenvalue weighted by molar-refractivity contribution is 7.22. The summed E-state index contributed by atoms with van der Waals surface area (Å²) in [5.41, 5.74) is 16.9. The van der Waals surface area contributed by atoms with E-state index in [1.54, 1.807) is 43.9 Å². The summed E-state index contributed by atoms with van der Waals surface area (Å²) >= 11 is 5.54. The van der Waals surface area contributed by atoms with E-state index < -0.39 is 0 Å². The van der Waals surface area contributed by atoms with Gasteiger partial charge in [-0.3, -0.25) is 0 Å². The highest BCUT2D eigenvalue weighted by Crippen LogP contribution is 2.69. The minimum atomic E-state index is -0.0583. The van der Waals surface area contributed by atoms with E-state index in [2.05, 4.69) is 184 Å². The Morgan fingerprint density at radius 3 is 1.56 bits per heavy atom. The minimum absolute atomic E-state index is 0.0380. The Bertz CT molecular complexity index is 3150. The van der Waals surface area contributed by atoms with Gasteiger partial charge in [-0.1, -0.05) is 239 Å². The van der Waals surface area contributed by atoms with Crippen LogP contribution in [0.4, 0.5) is 0 Å². The zero-order valence-electron chi connectivity index (χ0n) is 55.0. The van der Waals surface area contributed by atoms with Crippen LogP contribution in [0, 0.1) is 47.3 Å². The van der Waals surface area contributed by atoms with Crippen molar-refractivity contribution in [3.05, 3.63) is 92.9 Å². The second kappa shape index (κ2) is 26.5. The van der Waals surface area contributed by atoms with Crippen LogP contribution in [-0.4, -0.2) is 8.75 Å². The smallest absolute Gasteiger partial charge is 0.113 e. The molecule has 0 saturated heterocycles. The summed E-state index contributed by atoms with van der Waals surface area (Å²) in [4.78, 5) is 2.93. The van der Waals surface area contributed by atoms with Gasteiger partial charge in [0.05, 0.1) is 11.7 Å². The molecule has 0 N–H and O–H groups in total. The van der Waals surface area contributed by atoms with Crippen LogP contribution in [0.15, 0.2) is 60.2 Å². The predicted octanol–water partition coefficient (Wildman–Crippen LogP) is 25.5. The van der Waals surface area contributed by atoms with Gasteiger partial charge in [-0.2, -0.15) is 8.75 Å². The van der Waals surface area contributed by atoms with Gasteiger partial charge in [0.15, 0.2) is 0 Å². The van der Waals surface area contributed by atoms with Gasteiger partial charge in [-0.05, 0) is 177 Å². The summed E-state index contributed by atoms with van der Waals surface area (Å²) in [5, 5.41) is 2.94. The summed E-state index contributed by atoms with van der Waals surface area (Å²) in [6.45, 7) is 42.0. The van der Waals surface area contributed by atoms with Gasteiger partial charge in [-0.15, -0.1) is 22.7 Å². The van der Waals surface area contributed by atoms with Gasteiger partial charge in [0.25, 0.3) is 0 Å². The van der Waals surface area contributed by atoms with Crippen LogP contribution in [-0.2, 0) is 21.7 Å². The van der Waals surface area contributed by atoms with E-state index in [0.29, 0.717) is 47.3 Å². The maximum atomic E-state index is 5.13. The van der Waals surface area contributed by atoms with E-state index in [0.717, 1.165) is 17.5 Å². The number of hydrogen-bond acceptors (Lipinski definition) is 5. The molecule has 0 spiro atoms. The SMILES string of the molecule is CCCCC(CC)CC1(CC(CC)CCCC)C2=C(c3cc4sc(-c5ccc(C(C)(CC)C(C)C)c6nsnc56)cc4cc31)C(C)C1C(=C2)c2cc3sc(C(C)(CC)C(C)C)cc3cc2C1(CC(CC)CCCC)CC(CC)CCCC. The number of rotatable bonds is 31. The summed E-state index contributed by atoms with van der Waals surface area (Å²) in [6, 6.07) is 21.3. The maximum absolute atomic E-state index is 5.13. The molecule has 0 fully saturated rings. The fourth-order valence-electron chi connectivity index (χ4n) is 17.2. The second-order valence-corrected chi connectivity index (χ2v) is 31.2. The van der Waals surface area contributed by atoms with Crippen molar-refractivity contribution >= 4 is 76.8 Å². The molecule has 0 radical (unpaired) electrons. The standard InChI is InChI=1S/C77H112N2S3/c1-18-28-32-52(22-5)45-76(46-53(23-6)33-29-19-2)64-38-56-40-68(58-36-37-62(73-72(58)78-82-79-73)74(16,26-9)49(11)12)80-66(56)44-61(64)70-51(15)71-60(42-65(70)76)59-43-67-57(41-69(81-67)75(17,27-10)50(13)14)39-63(59)77(71,47-54(24-7)34-30-20-3)48-55(25-8)35-31-21-4/h36-44,49-55,71H,18-35,45-48H2,1-17H3. The highest BCUT2D eigenvalue weighted by atomic mass is 32.1. The Hall–Kier alpha value is -3.12. The van der Waals surface area contributed by atoms with Gasteiger partial charge in [0, 0.05) is 46.9 Å². The van der Waals surface area contributed by atoms with Gasteiger partial charge in [0.1, 0.15) is 11.0 Å². The Labute approximate surface area is 513 Å². The van der Waals surface area contributed by atoms with Crippen LogP contribution < -0.4 is 0 Å². The molecule has 0 amide bonds. The first-order valence-electron chi connectivity index (χ1n) is 34.3. The molecule has 3 heterocycles. The molecule has 3 aromatic heterocycles. The van der Waals surface area contributed by atoms with E-state index in [9.17, 15) is 0 Å². The first-order chi connectivity index (χ1) is 39.4. The van der Waals surface area contributed by atoms with Crippen LogP contribution in [0.3, 0.4) is 0 Å². The molecular weight excluding hydrogens is 1050 g/mol. The topological polar surface area (TPSA) is 25.8 Å². The fraction of sp³-hybridized carbons (Fsp3) is 0.662. The van der Waals surface area contributed by atoms with Crippen molar-refractivity contribution in [3.8, 4) is 10.4 Å². The van der Waals surface area contributed by atoms with Crippen LogP contribution in [0.5, 0.6) is 0 Å². The first kappa shape index (κ1) is 63.4. The van der Waals surface area contributed by atoms with Crippen molar-refractivity contribution in [1.82, 2.24) is 8.75 Å². The Kier molecular flexibility index (Phi) is 20.5. The van der Waals surface area contributed by atoms with Gasteiger partial charge in [0.2, 0.25) is 0 Å². The molecular formula is C77H112N2S3. The zero-order valence-corrected chi connectivity index (χ0v) is 57.4. The molecule has 0 bridgehead atoms. The third-order valence-electron chi connectivity index (χ3n) is 23.6. The number of benzene rings is 3. The van der Waals surface area contributed by atoms with Crippen LogP contribution in [0.25, 0.3) is 52.8 Å². The van der Waals surface area contributed by atoms with E-state index >= 15 is 0 Å². The van der Waals surface area contributed by atoms with Crippen LogP contribution in [0.1, 0.15) is 292 Å². The van der Waals surface area contributed by atoms with E-state index in [1.165, 1.54) is 183 Å². The lowest BCUT2D eigenvalue weighted by molar-refractivity contribution is 0.171. The van der Waals surface area contributed by atoms with Crippen molar-refractivity contribution in [1.29, 1.82) is 0 Å².